The maximum absolute atomic E-state index is 5.84. The predicted octanol–water partition coefficient (Wildman–Crippen LogP) is 1.42. The van der Waals surface area contributed by atoms with Crippen LogP contribution >= 0.6 is 15.9 Å². The smallest absolute Gasteiger partial charge is 0.137 e. The number of benzene rings is 1. The molecule has 0 bridgehead atoms. The molecular weight excluding hydrogens is 260 g/mol. The summed E-state index contributed by atoms with van der Waals surface area (Å²) in [6, 6.07) is 3.50. The van der Waals surface area contributed by atoms with Crippen molar-refractivity contribution in [3.05, 3.63) is 22.2 Å². The van der Waals surface area contributed by atoms with Crippen molar-refractivity contribution >= 4 is 15.9 Å². The second kappa shape index (κ2) is 5.34. The summed E-state index contributed by atoms with van der Waals surface area (Å²) in [4.78, 5) is 0. The molecule has 0 amide bonds. The van der Waals surface area contributed by atoms with E-state index in [2.05, 4.69) is 15.9 Å². The summed E-state index contributed by atoms with van der Waals surface area (Å²) in [5.41, 5.74) is 12.2. The van der Waals surface area contributed by atoms with Crippen molar-refractivity contribution in [1.29, 1.82) is 0 Å². The highest BCUT2D eigenvalue weighted by atomic mass is 79.9. The first-order chi connectivity index (χ1) is 7.13. The number of hydrogen-bond donors (Lipinski definition) is 2. The summed E-state index contributed by atoms with van der Waals surface area (Å²) < 4.78 is 11.2. The van der Waals surface area contributed by atoms with Crippen molar-refractivity contribution < 1.29 is 9.47 Å². The Hall–Kier alpha value is -0.780. The van der Waals surface area contributed by atoms with Crippen LogP contribution in [0.3, 0.4) is 0 Å². The predicted molar refractivity (Wildman–Crippen MR) is 63.2 cm³/mol. The van der Waals surface area contributed by atoms with Gasteiger partial charge in [0.15, 0.2) is 0 Å². The zero-order valence-corrected chi connectivity index (χ0v) is 10.4. The average Bonchev–Trinajstić information content (AvgIpc) is 2.28. The molecule has 0 aliphatic heterocycles. The van der Waals surface area contributed by atoms with E-state index in [1.165, 1.54) is 0 Å². The Morgan fingerprint density at radius 3 is 2.07 bits per heavy atom. The van der Waals surface area contributed by atoms with Gasteiger partial charge in [-0.2, -0.15) is 0 Å². The van der Waals surface area contributed by atoms with Gasteiger partial charge in [0.05, 0.1) is 14.2 Å². The fourth-order valence-electron chi connectivity index (χ4n) is 1.24. The molecule has 0 radical (unpaired) electrons. The van der Waals surface area contributed by atoms with E-state index in [4.69, 9.17) is 20.9 Å². The maximum Gasteiger partial charge on any atom is 0.137 e. The third kappa shape index (κ3) is 2.62. The highest BCUT2D eigenvalue weighted by molar-refractivity contribution is 9.10. The largest absolute Gasteiger partial charge is 0.495 e. The summed E-state index contributed by atoms with van der Waals surface area (Å²) in [6.45, 7) is 0.383. The van der Waals surface area contributed by atoms with Crippen molar-refractivity contribution in [2.45, 2.75) is 6.04 Å². The van der Waals surface area contributed by atoms with Gasteiger partial charge in [-0.1, -0.05) is 0 Å². The van der Waals surface area contributed by atoms with E-state index in [1.54, 1.807) is 14.2 Å². The molecule has 0 heterocycles. The summed E-state index contributed by atoms with van der Waals surface area (Å²) >= 11 is 3.38. The molecule has 0 aliphatic rings. The first-order valence-corrected chi connectivity index (χ1v) is 5.30. The molecule has 84 valence electrons. The topological polar surface area (TPSA) is 70.5 Å². The minimum atomic E-state index is -0.208. The lowest BCUT2D eigenvalue weighted by molar-refractivity contribution is 0.388. The molecule has 0 aliphatic carbocycles. The van der Waals surface area contributed by atoms with Crippen molar-refractivity contribution in [3.63, 3.8) is 0 Å². The van der Waals surface area contributed by atoms with E-state index in [0.717, 1.165) is 10.0 Å². The zero-order chi connectivity index (χ0) is 11.4. The lowest BCUT2D eigenvalue weighted by atomic mass is 10.1. The van der Waals surface area contributed by atoms with Crippen LogP contribution in [-0.2, 0) is 0 Å². The highest BCUT2D eigenvalue weighted by Gasteiger charge is 2.13. The Labute approximate surface area is 97.7 Å². The number of halogens is 1. The van der Waals surface area contributed by atoms with Crippen LogP contribution in [-0.4, -0.2) is 20.8 Å². The Kier molecular flexibility index (Phi) is 4.38. The van der Waals surface area contributed by atoms with Crippen LogP contribution in [0.2, 0.25) is 0 Å². The summed E-state index contributed by atoms with van der Waals surface area (Å²) in [5.74, 6) is 1.38. The standard InChI is InChI=1S/C10H15BrN2O2/c1-14-8-3-6(7(13)5-12)4-9(15-2)10(8)11/h3-4,7H,5,12-13H2,1-2H3/t7-/m0/s1. The minimum Gasteiger partial charge on any atom is -0.495 e. The minimum absolute atomic E-state index is 0.208. The van der Waals surface area contributed by atoms with Gasteiger partial charge in [0.25, 0.3) is 0 Å². The van der Waals surface area contributed by atoms with Crippen LogP contribution in [0.1, 0.15) is 11.6 Å². The van der Waals surface area contributed by atoms with Crippen molar-refractivity contribution in [2.75, 3.05) is 20.8 Å². The first-order valence-electron chi connectivity index (χ1n) is 4.51. The fraction of sp³-hybridized carbons (Fsp3) is 0.400. The molecule has 0 spiro atoms. The average molecular weight is 275 g/mol. The lowest BCUT2D eigenvalue weighted by Crippen LogP contribution is -2.20. The van der Waals surface area contributed by atoms with Gasteiger partial charge in [-0.25, -0.2) is 0 Å². The summed E-state index contributed by atoms with van der Waals surface area (Å²) in [5, 5.41) is 0. The second-order valence-corrected chi connectivity index (χ2v) is 3.87. The zero-order valence-electron chi connectivity index (χ0n) is 8.79. The van der Waals surface area contributed by atoms with Gasteiger partial charge in [-0.15, -0.1) is 0 Å². The number of ether oxygens (including phenoxy) is 2. The maximum atomic E-state index is 5.84. The monoisotopic (exact) mass is 274 g/mol. The molecule has 15 heavy (non-hydrogen) atoms. The van der Waals surface area contributed by atoms with E-state index in [1.807, 2.05) is 12.1 Å². The van der Waals surface area contributed by atoms with Gasteiger partial charge < -0.3 is 20.9 Å². The van der Waals surface area contributed by atoms with Crippen LogP contribution in [0.25, 0.3) is 0 Å². The van der Waals surface area contributed by atoms with E-state index < -0.39 is 0 Å². The summed E-state index contributed by atoms with van der Waals surface area (Å²) in [6.07, 6.45) is 0. The molecule has 4 nitrogen and oxygen atoms in total. The number of rotatable bonds is 4. The fourth-order valence-corrected chi connectivity index (χ4v) is 1.79. The van der Waals surface area contributed by atoms with Crippen molar-refractivity contribution in [1.82, 2.24) is 0 Å². The molecule has 0 fully saturated rings. The van der Waals surface area contributed by atoms with Gasteiger partial charge in [0, 0.05) is 12.6 Å². The Morgan fingerprint density at radius 1 is 1.27 bits per heavy atom. The van der Waals surface area contributed by atoms with E-state index >= 15 is 0 Å². The van der Waals surface area contributed by atoms with E-state index in [-0.39, 0.29) is 6.04 Å². The first kappa shape index (κ1) is 12.3. The van der Waals surface area contributed by atoms with Crippen LogP contribution in [0.15, 0.2) is 16.6 Å². The third-order valence-electron chi connectivity index (χ3n) is 2.15. The van der Waals surface area contributed by atoms with E-state index in [0.29, 0.717) is 18.0 Å². The molecule has 0 saturated carbocycles. The number of hydrogen-bond acceptors (Lipinski definition) is 4. The quantitative estimate of drug-likeness (QED) is 0.872. The molecule has 1 atom stereocenters. The van der Waals surface area contributed by atoms with Gasteiger partial charge in [0.1, 0.15) is 16.0 Å². The lowest BCUT2D eigenvalue weighted by Gasteiger charge is -2.14. The molecule has 1 aromatic carbocycles. The van der Waals surface area contributed by atoms with E-state index in [9.17, 15) is 0 Å². The molecule has 0 aromatic heterocycles. The Morgan fingerprint density at radius 2 is 1.73 bits per heavy atom. The molecule has 0 unspecified atom stereocenters. The normalized spacial score (nSPS) is 12.3. The van der Waals surface area contributed by atoms with Crippen LogP contribution in [0.4, 0.5) is 0 Å². The second-order valence-electron chi connectivity index (χ2n) is 3.08. The Balaban J connectivity index is 3.20. The van der Waals surface area contributed by atoms with Crippen LogP contribution in [0, 0.1) is 0 Å². The van der Waals surface area contributed by atoms with Crippen molar-refractivity contribution in [3.8, 4) is 11.5 Å². The van der Waals surface area contributed by atoms with Gasteiger partial charge in [-0.3, -0.25) is 0 Å². The third-order valence-corrected chi connectivity index (χ3v) is 2.93. The SMILES string of the molecule is COc1cc([C@@H](N)CN)cc(OC)c1Br. The van der Waals surface area contributed by atoms with Crippen LogP contribution in [0.5, 0.6) is 11.5 Å². The molecule has 1 aromatic rings. The van der Waals surface area contributed by atoms with Gasteiger partial charge in [0.2, 0.25) is 0 Å². The molecule has 4 N–H and O–H groups in total. The highest BCUT2D eigenvalue weighted by Crippen LogP contribution is 2.36. The molecular formula is C10H15BrN2O2. The van der Waals surface area contributed by atoms with Gasteiger partial charge >= 0.3 is 0 Å². The number of methoxy groups -OCH3 is 2. The molecule has 1 rings (SSSR count). The van der Waals surface area contributed by atoms with Crippen LogP contribution < -0.4 is 20.9 Å². The molecule has 5 heteroatoms. The molecule has 0 saturated heterocycles. The number of nitrogens with two attached hydrogens (primary N) is 2. The van der Waals surface area contributed by atoms with Gasteiger partial charge in [-0.05, 0) is 33.6 Å². The Bertz CT molecular complexity index is 319. The van der Waals surface area contributed by atoms with Crippen molar-refractivity contribution in [2.24, 2.45) is 11.5 Å². The summed E-state index contributed by atoms with van der Waals surface area (Å²) in [7, 11) is 3.19.